The number of ketones is 1. The molecule has 1 saturated carbocycles. The van der Waals surface area contributed by atoms with Crippen molar-refractivity contribution in [2.45, 2.75) is 221 Å². The van der Waals surface area contributed by atoms with Gasteiger partial charge in [-0.25, -0.2) is 10.2 Å². The van der Waals surface area contributed by atoms with Gasteiger partial charge in [0.25, 0.3) is 0 Å². The number of fused-ring (bicyclic) bond motifs is 2. The summed E-state index contributed by atoms with van der Waals surface area (Å²) in [6.07, 6.45) is -13.1. The van der Waals surface area contributed by atoms with Crippen LogP contribution in [0.15, 0.2) is 64.4 Å². The predicted octanol–water partition coefficient (Wildman–Crippen LogP) is 6.29. The smallest absolute Gasteiger partial charge is 0.411 e. The van der Waals surface area contributed by atoms with E-state index in [0.29, 0.717) is 33.6 Å². The number of aliphatic hydroxyl groups is 5. The molecule has 2 aromatic carbocycles. The van der Waals surface area contributed by atoms with E-state index in [2.05, 4.69) is 45.0 Å². The number of amides is 4. The van der Waals surface area contributed by atoms with Crippen molar-refractivity contribution in [2.75, 3.05) is 61.1 Å². The number of thioether (sulfide) groups is 1. The summed E-state index contributed by atoms with van der Waals surface area (Å²) in [7, 11) is 9.41. The standard InChI is InChI=1S/C74H99IN6O24S3.Y/c1-15-81(42(7)82)46-36-99-54(33-50(46)93-10)104-67-63(89)59(80-105-55-32-47(83)69(41(6)100-55)107-70(90)56-38(3)58(75)65(68(96-13)64(56)94-11)102-51-31-37(2)61(87)66(95-12)62(51)88)40(5)101-71(67)103-49-21-18-16-17-19-28-74(92)34-48(84)60(77-72(91)97-14)57(49)45(74)27-30-106-108-73(8,9)35-53(86)79-78-39(4)43-23-25-44(26-24-43)98-29-20-22-52(76)85;/h16-17,23-27,37,40-41,46-47,49-51,54-55,59,61-63,66-67,69,71,80,83,87-89,92H,15,20,22,29-36H2,1-14H3,(H4,76,77,79,85,86,91);/p-1/b17-16-,45-27+,78-39+;/t37-,40-,41-,46+,47+,49-,50+,51-,54+,55+,59-,61+,62+,63+,66-,67-,69-,71+,74+;/m1./s1. The Kier molecular flexibility index (Phi) is 35.0. The van der Waals surface area contributed by atoms with E-state index in [0.717, 1.165) is 24.4 Å². The van der Waals surface area contributed by atoms with Crippen molar-refractivity contribution in [3.05, 3.63) is 85.3 Å². The van der Waals surface area contributed by atoms with Gasteiger partial charge in [-0.3, -0.25) is 29.3 Å². The third-order valence-electron chi connectivity index (χ3n) is 19.1. The van der Waals surface area contributed by atoms with Crippen LogP contribution in [0.3, 0.4) is 0 Å². The average molecular weight is 1770 g/mol. The van der Waals surface area contributed by atoms with Crippen LogP contribution >= 0.6 is 55.9 Å². The third kappa shape index (κ3) is 23.2. The minimum absolute atomic E-state index is 0. The summed E-state index contributed by atoms with van der Waals surface area (Å²) >= 11 is 2.86. The number of nitrogens with zero attached hydrogens (tertiary/aromatic N) is 2. The van der Waals surface area contributed by atoms with Crippen molar-refractivity contribution in [1.82, 2.24) is 21.1 Å². The molecule has 3 aliphatic heterocycles. The van der Waals surface area contributed by atoms with E-state index in [-0.39, 0.29) is 141 Å². The van der Waals surface area contributed by atoms with Crippen molar-refractivity contribution >= 4 is 96.4 Å². The molecule has 0 spiro atoms. The first-order valence-corrected chi connectivity index (χ1v) is 39.5. The molecule has 6 aliphatic rings. The van der Waals surface area contributed by atoms with E-state index >= 15 is 0 Å². The summed E-state index contributed by atoms with van der Waals surface area (Å²) in [6, 6.07) is 5.32. The second-order valence-corrected chi connectivity index (χ2v) is 32.5. The minimum Gasteiger partial charge on any atom is -0.668 e. The summed E-state index contributed by atoms with van der Waals surface area (Å²) in [4.78, 5) is 87.4. The van der Waals surface area contributed by atoms with Gasteiger partial charge in [0.05, 0.1) is 109 Å². The fourth-order valence-electron chi connectivity index (χ4n) is 13.4. The van der Waals surface area contributed by atoms with Gasteiger partial charge in [0.1, 0.15) is 42.4 Å². The number of hydroxylamine groups is 1. The van der Waals surface area contributed by atoms with Crippen LogP contribution < -0.4 is 35.2 Å². The largest absolute Gasteiger partial charge is 0.668 e. The molecule has 597 valence electrons. The van der Waals surface area contributed by atoms with Crippen molar-refractivity contribution in [3.8, 4) is 46.7 Å². The Balaban J connectivity index is 0.0000165. The van der Waals surface area contributed by atoms with Gasteiger partial charge in [-0.1, -0.05) is 70.0 Å². The zero-order valence-electron chi connectivity index (χ0n) is 63.3. The molecule has 3 aliphatic carbocycles. The van der Waals surface area contributed by atoms with Crippen molar-refractivity contribution in [2.24, 2.45) is 11.0 Å². The van der Waals surface area contributed by atoms with Crippen LogP contribution in [0.4, 0.5) is 4.79 Å². The van der Waals surface area contributed by atoms with E-state index in [1.165, 1.54) is 69.1 Å². The number of Topliss-reactive ketones (excluding diaryl/α,β-unsaturated/α-hetero) is 1. The average Bonchev–Trinajstić information content (AvgIpc) is 0.755. The molecule has 8 rings (SSSR count). The van der Waals surface area contributed by atoms with E-state index < -0.39 is 143 Å². The fraction of sp³-hybridized carbons (Fsp3) is 0.608. The molecular weight excluding hydrogens is 1670 g/mol. The van der Waals surface area contributed by atoms with Crippen LogP contribution in [0.5, 0.6) is 23.0 Å². The van der Waals surface area contributed by atoms with Gasteiger partial charge in [-0.2, -0.15) is 10.6 Å². The number of allylic oxidation sites excluding steroid dienone is 3. The van der Waals surface area contributed by atoms with E-state index in [1.54, 1.807) is 62.9 Å². The molecular formula is C74H98IN6O24S3Y-. The van der Waals surface area contributed by atoms with Gasteiger partial charge in [0.2, 0.25) is 22.7 Å². The molecule has 9 N–H and O–H groups in total. The Hall–Kier alpha value is -5.01. The van der Waals surface area contributed by atoms with Gasteiger partial charge in [-0.15, -0.1) is 0 Å². The monoisotopic (exact) mass is 1770 g/mol. The summed E-state index contributed by atoms with van der Waals surface area (Å²) < 4.78 is 72.8. The van der Waals surface area contributed by atoms with E-state index in [4.69, 9.17) is 67.4 Å². The van der Waals surface area contributed by atoms with Crippen LogP contribution in [-0.4, -0.2) is 246 Å². The maximum Gasteiger partial charge on any atom is 0.411 e. The number of carbonyl (C=O) groups is 6. The molecule has 3 heterocycles. The number of hydrogen-bond acceptors (Lipinski definition) is 29. The molecule has 4 fully saturated rings. The molecule has 2 aromatic rings. The number of carbonyl (C=O) groups excluding carboxylic acids is 6. The third-order valence-corrected chi connectivity index (χ3v) is 24.9. The Labute approximate surface area is 685 Å². The number of methoxy groups -OCH3 is 5. The number of hydrogen-bond donors (Lipinski definition) is 8. The summed E-state index contributed by atoms with van der Waals surface area (Å²) in [6.45, 7) is 16.1. The normalized spacial score (nSPS) is 30.4. The first-order chi connectivity index (χ1) is 51.3. The molecule has 30 nitrogen and oxygen atoms in total. The van der Waals surface area contributed by atoms with Gasteiger partial charge >= 0.3 is 6.09 Å². The first kappa shape index (κ1) is 91.2. The SMILES string of the molecule is CCN(C(C)=O)[C@H]1CO[C@@H](O[C@H]2[C@H](O[C@@H]3C#C/C=C\C#C[C@]4(O)CC(=O)C(NC(=O)OC)=C3/C4=C\CSSC(C)(C)CC(=O)N/N=C(\C)c3ccc(OCCCC([NH-])=O)cc3)O[C@H](C)[C@@H](NO[C@H]3C[C@H](O)[C@H](SC(=O)c4c(C)c(I)c(O[C@@H]5C[C@@H](C)[C@H](O)[C@@H](OC)[C@H]5O)c(OC)c4OC)[C@@H](C)O3)[C@@H]2O)C[C@@H]1OC.[Y]. The van der Waals surface area contributed by atoms with Gasteiger partial charge in [-0.05, 0) is 144 Å². The van der Waals surface area contributed by atoms with Crippen LogP contribution in [0.25, 0.3) is 5.73 Å². The number of likely N-dealkylation sites (N-methyl/N-ethyl adjacent to an activating group) is 1. The summed E-state index contributed by atoms with van der Waals surface area (Å²) in [5, 5.41) is 64.9. The number of alkyl carbamates (subject to hydrolysis) is 1. The van der Waals surface area contributed by atoms with Crippen LogP contribution in [0.2, 0.25) is 0 Å². The predicted molar refractivity (Wildman–Crippen MR) is 408 cm³/mol. The molecule has 1 radical (unpaired) electrons. The maximum absolute atomic E-state index is 14.6. The molecule has 2 bridgehead atoms. The second kappa shape index (κ2) is 41.9. The Morgan fingerprint density at radius 3 is 2.23 bits per heavy atom. The van der Waals surface area contributed by atoms with Crippen molar-refractivity contribution < 1.29 is 149 Å². The van der Waals surface area contributed by atoms with Gasteiger partial charge in [0, 0.05) is 107 Å². The molecule has 35 heteroatoms. The summed E-state index contributed by atoms with van der Waals surface area (Å²) in [5.74, 6) is 10.2. The van der Waals surface area contributed by atoms with Crippen molar-refractivity contribution in [3.63, 3.8) is 0 Å². The number of nitrogens with one attached hydrogen (secondary N) is 4. The number of hydrazone groups is 1. The Bertz CT molecular complexity index is 3800. The number of benzene rings is 2. The number of rotatable bonds is 31. The Morgan fingerprint density at radius 2 is 1.59 bits per heavy atom. The fourth-order valence-corrected chi connectivity index (χ4v) is 17.6. The van der Waals surface area contributed by atoms with Crippen LogP contribution in [0, 0.1) is 40.1 Å². The first-order valence-electron chi connectivity index (χ1n) is 35.2. The van der Waals surface area contributed by atoms with Crippen LogP contribution in [0.1, 0.15) is 122 Å². The maximum atomic E-state index is 14.6. The molecule has 3 saturated heterocycles. The molecule has 0 aromatic heterocycles. The van der Waals surface area contributed by atoms with Crippen LogP contribution in [-0.2, 0) is 94.6 Å². The zero-order chi connectivity index (χ0) is 79.1. The number of aliphatic hydroxyl groups excluding tert-OH is 4. The molecule has 0 unspecified atom stereocenters. The Morgan fingerprint density at radius 1 is 0.881 bits per heavy atom. The van der Waals surface area contributed by atoms with E-state index in [9.17, 15) is 54.3 Å². The minimum atomic E-state index is -2.23. The zero-order valence-corrected chi connectivity index (χ0v) is 70.7. The molecule has 19 atom stereocenters. The summed E-state index contributed by atoms with van der Waals surface area (Å²) in [5.41, 5.74) is 11.7. The van der Waals surface area contributed by atoms with Gasteiger partial charge < -0.3 is 97.8 Å². The molecule has 4 amide bonds. The number of halogens is 1. The second-order valence-electron chi connectivity index (χ2n) is 27.2. The van der Waals surface area contributed by atoms with Crippen molar-refractivity contribution in [1.29, 1.82) is 0 Å². The van der Waals surface area contributed by atoms with E-state index in [1.807, 2.05) is 50.3 Å². The molecule has 109 heavy (non-hydrogen) atoms. The van der Waals surface area contributed by atoms with Gasteiger partial charge in [0.15, 0.2) is 41.8 Å². The topological polar surface area (TPSA) is 399 Å². The number of ether oxygens (including phenoxy) is 12. The quantitative estimate of drug-likeness (QED) is 0.0103.